The van der Waals surface area contributed by atoms with Crippen molar-refractivity contribution in [1.29, 1.82) is 0 Å². The van der Waals surface area contributed by atoms with Gasteiger partial charge in [-0.15, -0.1) is 6.42 Å². The summed E-state index contributed by atoms with van der Waals surface area (Å²) in [6, 6.07) is 10.3. The number of aromatic nitrogens is 3. The summed E-state index contributed by atoms with van der Waals surface area (Å²) in [4.78, 5) is 12.6. The third-order valence-electron chi connectivity index (χ3n) is 3.89. The third-order valence-corrected chi connectivity index (χ3v) is 3.89. The average molecular weight is 314 g/mol. The molecule has 4 nitrogen and oxygen atoms in total. The maximum Gasteiger partial charge on any atom is 0.139 e. The van der Waals surface area contributed by atoms with E-state index in [1.165, 1.54) is 12.4 Å². The highest BCUT2D eigenvalue weighted by molar-refractivity contribution is 6.01. The Bertz CT molecular complexity index is 1150. The number of nitrogens with zero attached hydrogens (tertiary/aromatic N) is 3. The molecule has 5 heteroatoms. The molecule has 24 heavy (non-hydrogen) atoms. The monoisotopic (exact) mass is 314 g/mol. The van der Waals surface area contributed by atoms with Crippen molar-refractivity contribution in [3.05, 3.63) is 60.3 Å². The van der Waals surface area contributed by atoms with Gasteiger partial charge in [0.2, 0.25) is 0 Å². The van der Waals surface area contributed by atoms with Gasteiger partial charge in [0, 0.05) is 22.5 Å². The molecule has 0 saturated heterocycles. The zero-order valence-electron chi connectivity index (χ0n) is 12.5. The van der Waals surface area contributed by atoms with E-state index in [9.17, 15) is 4.39 Å². The lowest BCUT2D eigenvalue weighted by molar-refractivity contribution is 0.626. The minimum atomic E-state index is -0.457. The molecule has 0 saturated carbocycles. The van der Waals surface area contributed by atoms with Crippen molar-refractivity contribution in [2.75, 3.05) is 5.73 Å². The molecule has 4 rings (SSSR count). The van der Waals surface area contributed by atoms with Crippen LogP contribution in [0.1, 0.15) is 5.56 Å². The maximum absolute atomic E-state index is 14.1. The molecule has 2 N–H and O–H groups in total. The number of halogens is 1. The minimum Gasteiger partial charge on any atom is -0.384 e. The van der Waals surface area contributed by atoms with Crippen LogP contribution < -0.4 is 5.73 Å². The first-order valence-corrected chi connectivity index (χ1v) is 7.23. The number of pyridine rings is 1. The van der Waals surface area contributed by atoms with Crippen LogP contribution >= 0.6 is 0 Å². The summed E-state index contributed by atoms with van der Waals surface area (Å²) >= 11 is 0. The van der Waals surface area contributed by atoms with E-state index >= 15 is 0 Å². The number of nitrogen functional groups attached to an aromatic ring is 1. The van der Waals surface area contributed by atoms with Gasteiger partial charge in [-0.2, -0.15) is 0 Å². The molecule has 2 aromatic heterocycles. The zero-order chi connectivity index (χ0) is 16.7. The highest BCUT2D eigenvalue weighted by Crippen LogP contribution is 2.33. The van der Waals surface area contributed by atoms with Gasteiger partial charge in [0.1, 0.15) is 18.0 Å². The lowest BCUT2D eigenvalue weighted by atomic mass is 9.98. The fourth-order valence-corrected chi connectivity index (χ4v) is 2.82. The second-order valence-corrected chi connectivity index (χ2v) is 5.36. The van der Waals surface area contributed by atoms with Gasteiger partial charge in [-0.1, -0.05) is 24.1 Å². The van der Waals surface area contributed by atoms with Crippen molar-refractivity contribution >= 4 is 27.5 Å². The predicted molar refractivity (Wildman–Crippen MR) is 92.6 cm³/mol. The Kier molecular flexibility index (Phi) is 3.10. The van der Waals surface area contributed by atoms with Crippen molar-refractivity contribution in [3.63, 3.8) is 0 Å². The van der Waals surface area contributed by atoms with E-state index in [0.29, 0.717) is 16.9 Å². The number of terminal acetylenes is 1. The first-order valence-electron chi connectivity index (χ1n) is 7.23. The molecule has 2 heterocycles. The Morgan fingerprint density at radius 2 is 1.92 bits per heavy atom. The Balaban J connectivity index is 2.11. The fourth-order valence-electron chi connectivity index (χ4n) is 2.82. The topological polar surface area (TPSA) is 64.7 Å². The van der Waals surface area contributed by atoms with Crippen LogP contribution in [0.3, 0.4) is 0 Å². The maximum atomic E-state index is 14.1. The quantitative estimate of drug-likeness (QED) is 0.546. The van der Waals surface area contributed by atoms with Crippen LogP contribution in [0, 0.1) is 18.2 Å². The summed E-state index contributed by atoms with van der Waals surface area (Å²) in [5.74, 6) is 2.31. The molecule has 0 radical (unpaired) electrons. The molecule has 0 amide bonds. The first-order chi connectivity index (χ1) is 11.7. The predicted octanol–water partition coefficient (Wildman–Crippen LogP) is 3.55. The number of rotatable bonds is 1. The summed E-state index contributed by atoms with van der Waals surface area (Å²) in [7, 11) is 0. The van der Waals surface area contributed by atoms with Crippen molar-refractivity contribution in [1.82, 2.24) is 15.0 Å². The number of fused-ring (bicyclic) bond motifs is 2. The summed E-state index contributed by atoms with van der Waals surface area (Å²) in [5, 5.41) is 2.22. The molecule has 114 valence electrons. The molecular formula is C19H11FN4. The highest BCUT2D eigenvalue weighted by Gasteiger charge is 2.14. The summed E-state index contributed by atoms with van der Waals surface area (Å²) < 4.78 is 14.1. The summed E-state index contributed by atoms with van der Waals surface area (Å²) in [6.07, 6.45) is 8.72. The third kappa shape index (κ3) is 2.13. The van der Waals surface area contributed by atoms with Gasteiger partial charge in [0.25, 0.3) is 0 Å². The van der Waals surface area contributed by atoms with E-state index in [1.807, 2.05) is 18.2 Å². The number of benzene rings is 2. The molecule has 2 aromatic carbocycles. The Hall–Kier alpha value is -3.52. The standard InChI is InChI=1S/C19H11FN4/c1-2-14-15(20)6-5-11-8-17(21)24-19(18(11)14)12-3-4-13-9-22-10-23-16(13)7-12/h1,3-10H,(H2,21,24). The van der Waals surface area contributed by atoms with Crippen LogP contribution in [0.5, 0.6) is 0 Å². The largest absolute Gasteiger partial charge is 0.384 e. The lowest BCUT2D eigenvalue weighted by Gasteiger charge is -2.11. The van der Waals surface area contributed by atoms with Gasteiger partial charge < -0.3 is 5.73 Å². The van der Waals surface area contributed by atoms with Crippen LogP contribution in [0.2, 0.25) is 0 Å². The molecule has 0 fully saturated rings. The Morgan fingerprint density at radius 1 is 1.08 bits per heavy atom. The molecular weight excluding hydrogens is 303 g/mol. The van der Waals surface area contributed by atoms with Crippen molar-refractivity contribution in [3.8, 4) is 23.6 Å². The van der Waals surface area contributed by atoms with Gasteiger partial charge in [-0.25, -0.2) is 19.3 Å². The van der Waals surface area contributed by atoms with Crippen LogP contribution in [0.15, 0.2) is 48.9 Å². The molecule has 0 aliphatic rings. The Labute approximate surface area is 137 Å². The van der Waals surface area contributed by atoms with Gasteiger partial charge in [0.05, 0.1) is 16.8 Å². The van der Waals surface area contributed by atoms with Crippen LogP contribution in [-0.2, 0) is 0 Å². The number of anilines is 1. The first kappa shape index (κ1) is 14.1. The number of nitrogens with two attached hydrogens (primary N) is 1. The number of hydrogen-bond donors (Lipinski definition) is 1. The normalized spacial score (nSPS) is 10.8. The molecule has 4 aromatic rings. The molecule has 0 atom stereocenters. The van der Waals surface area contributed by atoms with E-state index in [1.54, 1.807) is 18.3 Å². The molecule has 0 aliphatic carbocycles. The van der Waals surface area contributed by atoms with Crippen molar-refractivity contribution in [2.45, 2.75) is 0 Å². The van der Waals surface area contributed by atoms with Crippen LogP contribution in [0.25, 0.3) is 32.9 Å². The van der Waals surface area contributed by atoms with Crippen LogP contribution in [-0.4, -0.2) is 15.0 Å². The number of hydrogen-bond acceptors (Lipinski definition) is 4. The highest BCUT2D eigenvalue weighted by atomic mass is 19.1. The molecule has 0 spiro atoms. The van der Waals surface area contributed by atoms with Crippen molar-refractivity contribution < 1.29 is 4.39 Å². The van der Waals surface area contributed by atoms with Crippen LogP contribution in [0.4, 0.5) is 10.2 Å². The van der Waals surface area contributed by atoms with Gasteiger partial charge in [-0.05, 0) is 23.6 Å². The smallest absolute Gasteiger partial charge is 0.139 e. The summed E-state index contributed by atoms with van der Waals surface area (Å²) in [6.45, 7) is 0. The summed E-state index contributed by atoms with van der Waals surface area (Å²) in [5.41, 5.74) is 8.17. The van der Waals surface area contributed by atoms with E-state index < -0.39 is 5.82 Å². The van der Waals surface area contributed by atoms with Gasteiger partial charge >= 0.3 is 0 Å². The lowest BCUT2D eigenvalue weighted by Crippen LogP contribution is -1.97. The van der Waals surface area contributed by atoms with E-state index in [2.05, 4.69) is 20.9 Å². The fraction of sp³-hybridized carbons (Fsp3) is 0. The average Bonchev–Trinajstić information content (AvgIpc) is 2.61. The SMILES string of the molecule is C#Cc1c(F)ccc2cc(N)nc(-c3ccc4cncnc4c3)c12. The molecule has 0 bridgehead atoms. The second kappa shape index (κ2) is 5.28. The molecule has 0 unspecified atom stereocenters. The van der Waals surface area contributed by atoms with Gasteiger partial charge in [0.15, 0.2) is 0 Å². The second-order valence-electron chi connectivity index (χ2n) is 5.36. The van der Waals surface area contributed by atoms with Gasteiger partial charge in [-0.3, -0.25) is 0 Å². The Morgan fingerprint density at radius 3 is 2.75 bits per heavy atom. The van der Waals surface area contributed by atoms with E-state index in [4.69, 9.17) is 12.2 Å². The van der Waals surface area contributed by atoms with E-state index in [0.717, 1.165) is 21.9 Å². The minimum absolute atomic E-state index is 0.179. The zero-order valence-corrected chi connectivity index (χ0v) is 12.5. The van der Waals surface area contributed by atoms with Crippen molar-refractivity contribution in [2.24, 2.45) is 0 Å². The van der Waals surface area contributed by atoms with E-state index in [-0.39, 0.29) is 5.56 Å². The molecule has 0 aliphatic heterocycles.